The van der Waals surface area contributed by atoms with Crippen LogP contribution in [0.15, 0.2) is 24.3 Å². The lowest BCUT2D eigenvalue weighted by molar-refractivity contribution is 0.321. The molecular weight excluding hydrogens is 268 g/mol. The summed E-state index contributed by atoms with van der Waals surface area (Å²) in [5.74, 6) is 0.896. The van der Waals surface area contributed by atoms with Crippen LogP contribution in [0.4, 0.5) is 0 Å². The number of thiazole rings is 1. The number of benzene rings is 1. The van der Waals surface area contributed by atoms with Crippen molar-refractivity contribution in [3.8, 4) is 11.8 Å². The van der Waals surface area contributed by atoms with E-state index in [4.69, 9.17) is 10.00 Å². The topological polar surface area (TPSA) is 45.9 Å². The Balaban J connectivity index is 1.86. The van der Waals surface area contributed by atoms with Gasteiger partial charge in [0.2, 0.25) is 0 Å². The van der Waals surface area contributed by atoms with Crippen LogP contribution in [0.3, 0.4) is 0 Å². The Morgan fingerprint density at radius 3 is 2.70 bits per heavy atom. The predicted octanol–water partition coefficient (Wildman–Crippen LogP) is 3.70. The molecule has 0 amide bonds. The lowest BCUT2D eigenvalue weighted by atomic mass is 10.2. The van der Waals surface area contributed by atoms with Crippen LogP contribution in [0.25, 0.3) is 0 Å². The van der Waals surface area contributed by atoms with E-state index in [2.05, 4.69) is 30.1 Å². The second-order valence-corrected chi connectivity index (χ2v) is 5.72. The summed E-state index contributed by atoms with van der Waals surface area (Å²) in [6.07, 6.45) is 2.27. The summed E-state index contributed by atoms with van der Waals surface area (Å²) in [7, 11) is 0. The van der Waals surface area contributed by atoms with Gasteiger partial charge in [0.05, 0.1) is 29.8 Å². The van der Waals surface area contributed by atoms with Crippen molar-refractivity contribution in [3.63, 3.8) is 0 Å². The summed E-state index contributed by atoms with van der Waals surface area (Å²) in [5.41, 5.74) is 2.29. The average molecular weight is 286 g/mol. The van der Waals surface area contributed by atoms with E-state index in [9.17, 15) is 0 Å². The summed E-state index contributed by atoms with van der Waals surface area (Å²) >= 11 is 1.61. The summed E-state index contributed by atoms with van der Waals surface area (Å²) in [6, 6.07) is 10.4. The minimum Gasteiger partial charge on any atom is -0.493 e. The van der Waals surface area contributed by atoms with Gasteiger partial charge in [0.15, 0.2) is 0 Å². The van der Waals surface area contributed by atoms with Crippen molar-refractivity contribution in [3.05, 3.63) is 45.4 Å². The van der Waals surface area contributed by atoms with Crippen LogP contribution >= 0.6 is 11.3 Å². The Kier molecular flexibility index (Phi) is 5.14. The monoisotopic (exact) mass is 286 g/mol. The molecule has 0 radical (unpaired) electrons. The number of rotatable bonds is 6. The van der Waals surface area contributed by atoms with Gasteiger partial charge in [-0.05, 0) is 31.0 Å². The van der Waals surface area contributed by atoms with Crippen LogP contribution in [-0.2, 0) is 19.3 Å². The highest BCUT2D eigenvalue weighted by atomic mass is 32.1. The fourth-order valence-corrected chi connectivity index (χ4v) is 2.89. The molecule has 0 aliphatic heterocycles. The SMILES string of the molecule is CCc1ccc(OCCc2nc(C)c(CC#N)s2)cc1. The van der Waals surface area contributed by atoms with Crippen molar-refractivity contribution >= 4 is 11.3 Å². The normalized spacial score (nSPS) is 10.2. The number of hydrogen-bond donors (Lipinski definition) is 0. The predicted molar refractivity (Wildman–Crippen MR) is 81.2 cm³/mol. The molecule has 1 aromatic carbocycles. The van der Waals surface area contributed by atoms with E-state index in [1.807, 2.05) is 19.1 Å². The molecule has 0 fully saturated rings. The van der Waals surface area contributed by atoms with Crippen LogP contribution in [-0.4, -0.2) is 11.6 Å². The van der Waals surface area contributed by atoms with Gasteiger partial charge in [-0.15, -0.1) is 11.3 Å². The molecule has 0 unspecified atom stereocenters. The molecule has 0 bridgehead atoms. The van der Waals surface area contributed by atoms with Gasteiger partial charge in [-0.3, -0.25) is 0 Å². The molecule has 20 heavy (non-hydrogen) atoms. The molecule has 1 aromatic heterocycles. The first kappa shape index (κ1) is 14.5. The van der Waals surface area contributed by atoms with Gasteiger partial charge in [0.25, 0.3) is 0 Å². The van der Waals surface area contributed by atoms with Crippen molar-refractivity contribution < 1.29 is 4.74 Å². The third-order valence-corrected chi connectivity index (χ3v) is 4.31. The maximum Gasteiger partial charge on any atom is 0.119 e. The van der Waals surface area contributed by atoms with E-state index in [0.29, 0.717) is 13.0 Å². The maximum absolute atomic E-state index is 8.73. The van der Waals surface area contributed by atoms with E-state index >= 15 is 0 Å². The zero-order valence-electron chi connectivity index (χ0n) is 11.8. The van der Waals surface area contributed by atoms with Crippen LogP contribution in [0, 0.1) is 18.3 Å². The largest absolute Gasteiger partial charge is 0.493 e. The molecule has 0 atom stereocenters. The molecule has 0 N–H and O–H groups in total. The fourth-order valence-electron chi connectivity index (χ4n) is 1.91. The molecule has 1 heterocycles. The van der Waals surface area contributed by atoms with E-state index in [-0.39, 0.29) is 0 Å². The van der Waals surface area contributed by atoms with Crippen LogP contribution in [0.5, 0.6) is 5.75 Å². The Labute approximate surface area is 123 Å². The number of nitriles is 1. The second-order valence-electron chi connectivity index (χ2n) is 4.55. The maximum atomic E-state index is 8.73. The summed E-state index contributed by atoms with van der Waals surface area (Å²) < 4.78 is 5.72. The van der Waals surface area contributed by atoms with Gasteiger partial charge in [-0.25, -0.2) is 4.98 Å². The Morgan fingerprint density at radius 2 is 2.05 bits per heavy atom. The van der Waals surface area contributed by atoms with E-state index in [1.165, 1.54) is 5.56 Å². The second kappa shape index (κ2) is 7.06. The number of aromatic nitrogens is 1. The average Bonchev–Trinajstić information content (AvgIpc) is 2.80. The summed E-state index contributed by atoms with van der Waals surface area (Å²) in [6.45, 7) is 4.71. The molecule has 0 aliphatic carbocycles. The molecule has 2 rings (SSSR count). The fraction of sp³-hybridized carbons (Fsp3) is 0.375. The zero-order chi connectivity index (χ0) is 14.4. The molecule has 3 nitrogen and oxygen atoms in total. The van der Waals surface area contributed by atoms with Crippen LogP contribution < -0.4 is 4.74 Å². The lowest BCUT2D eigenvalue weighted by Gasteiger charge is -2.05. The minimum atomic E-state index is 0.447. The zero-order valence-corrected chi connectivity index (χ0v) is 12.7. The van der Waals surface area contributed by atoms with Crippen LogP contribution in [0.1, 0.15) is 28.1 Å². The molecule has 2 aromatic rings. The Hall–Kier alpha value is -1.86. The van der Waals surface area contributed by atoms with Gasteiger partial charge in [0, 0.05) is 11.3 Å². The molecule has 4 heteroatoms. The molecule has 0 saturated carbocycles. The first-order valence-corrected chi connectivity index (χ1v) is 7.58. The molecule has 0 spiro atoms. The van der Waals surface area contributed by atoms with Crippen molar-refractivity contribution in [2.75, 3.05) is 6.61 Å². The molecular formula is C16H18N2OS. The first-order chi connectivity index (χ1) is 9.72. The van der Waals surface area contributed by atoms with Gasteiger partial charge < -0.3 is 4.74 Å². The molecule has 0 saturated heterocycles. The van der Waals surface area contributed by atoms with E-state index < -0.39 is 0 Å². The number of hydrogen-bond acceptors (Lipinski definition) is 4. The third kappa shape index (κ3) is 3.82. The quantitative estimate of drug-likeness (QED) is 0.813. The standard InChI is InChI=1S/C16H18N2OS/c1-3-13-4-6-14(7-5-13)19-11-9-16-18-12(2)15(20-16)8-10-17/h4-7H,3,8-9,11H2,1-2H3. The Bertz CT molecular complexity index is 596. The van der Waals surface area contributed by atoms with Crippen molar-refractivity contribution in [1.29, 1.82) is 5.26 Å². The van der Waals surface area contributed by atoms with Crippen molar-refractivity contribution in [2.45, 2.75) is 33.1 Å². The third-order valence-electron chi connectivity index (χ3n) is 3.09. The van der Waals surface area contributed by atoms with Crippen molar-refractivity contribution in [1.82, 2.24) is 4.98 Å². The summed E-state index contributed by atoms with van der Waals surface area (Å²) in [4.78, 5) is 5.54. The van der Waals surface area contributed by atoms with Gasteiger partial charge in [0.1, 0.15) is 5.75 Å². The highest BCUT2D eigenvalue weighted by Gasteiger charge is 2.07. The van der Waals surface area contributed by atoms with Gasteiger partial charge >= 0.3 is 0 Å². The van der Waals surface area contributed by atoms with E-state index in [0.717, 1.165) is 34.2 Å². The first-order valence-electron chi connectivity index (χ1n) is 6.76. The van der Waals surface area contributed by atoms with Crippen LogP contribution in [0.2, 0.25) is 0 Å². The molecule has 0 aliphatic rings. The highest BCUT2D eigenvalue weighted by molar-refractivity contribution is 7.11. The van der Waals surface area contributed by atoms with Gasteiger partial charge in [-0.1, -0.05) is 19.1 Å². The Morgan fingerprint density at radius 1 is 1.30 bits per heavy atom. The van der Waals surface area contributed by atoms with Crippen molar-refractivity contribution in [2.24, 2.45) is 0 Å². The van der Waals surface area contributed by atoms with Gasteiger partial charge in [-0.2, -0.15) is 5.26 Å². The van der Waals surface area contributed by atoms with E-state index in [1.54, 1.807) is 11.3 Å². The smallest absolute Gasteiger partial charge is 0.119 e. The highest BCUT2D eigenvalue weighted by Crippen LogP contribution is 2.19. The number of aryl methyl sites for hydroxylation is 2. The number of ether oxygens (including phenoxy) is 1. The molecule has 104 valence electrons. The minimum absolute atomic E-state index is 0.447. The lowest BCUT2D eigenvalue weighted by Crippen LogP contribution is -2.01. The number of nitrogens with zero attached hydrogens (tertiary/aromatic N) is 2. The summed E-state index contributed by atoms with van der Waals surface area (Å²) in [5, 5.41) is 9.76.